The highest BCUT2D eigenvalue weighted by Crippen LogP contribution is 2.23. The van der Waals surface area contributed by atoms with Gasteiger partial charge in [-0.3, -0.25) is 4.99 Å². The first kappa shape index (κ1) is 13.5. The van der Waals surface area contributed by atoms with Gasteiger partial charge in [0.2, 0.25) is 0 Å². The van der Waals surface area contributed by atoms with Crippen molar-refractivity contribution in [2.75, 3.05) is 5.73 Å². The predicted molar refractivity (Wildman–Crippen MR) is 78.8 cm³/mol. The van der Waals surface area contributed by atoms with E-state index in [4.69, 9.17) is 15.9 Å². The van der Waals surface area contributed by atoms with Crippen molar-refractivity contribution in [1.82, 2.24) is 9.97 Å². The van der Waals surface area contributed by atoms with Gasteiger partial charge < -0.3 is 15.9 Å². The topological polar surface area (TPSA) is 103 Å². The van der Waals surface area contributed by atoms with Crippen LogP contribution in [0.1, 0.15) is 12.6 Å². The van der Waals surface area contributed by atoms with Gasteiger partial charge in [-0.1, -0.05) is 6.58 Å². The molecule has 0 saturated heterocycles. The van der Waals surface area contributed by atoms with E-state index in [0.29, 0.717) is 34.4 Å². The third-order valence-corrected chi connectivity index (χ3v) is 2.35. The molecule has 2 aromatic rings. The van der Waals surface area contributed by atoms with Gasteiger partial charge in [0.1, 0.15) is 17.2 Å². The van der Waals surface area contributed by atoms with Crippen molar-refractivity contribution in [2.45, 2.75) is 6.92 Å². The van der Waals surface area contributed by atoms with Crippen LogP contribution < -0.4 is 11.5 Å². The molecule has 6 heteroatoms. The van der Waals surface area contributed by atoms with Crippen molar-refractivity contribution in [3.05, 3.63) is 54.8 Å². The van der Waals surface area contributed by atoms with Crippen molar-refractivity contribution >= 4 is 11.5 Å². The summed E-state index contributed by atoms with van der Waals surface area (Å²) >= 11 is 0. The molecule has 2 heterocycles. The number of allylic oxidation sites excluding steroid dienone is 2. The van der Waals surface area contributed by atoms with E-state index in [1.54, 1.807) is 31.4 Å². The van der Waals surface area contributed by atoms with E-state index in [1.807, 2.05) is 0 Å². The van der Waals surface area contributed by atoms with Crippen molar-refractivity contribution < 1.29 is 4.42 Å². The molecular formula is C14H15N5O. The summed E-state index contributed by atoms with van der Waals surface area (Å²) in [7, 11) is 0. The minimum Gasteiger partial charge on any atom is -0.463 e. The molecule has 0 atom stereocenters. The molecule has 102 valence electrons. The summed E-state index contributed by atoms with van der Waals surface area (Å²) in [5.74, 6) is 0.853. The molecule has 0 unspecified atom stereocenters. The van der Waals surface area contributed by atoms with Crippen molar-refractivity contribution in [2.24, 2.45) is 10.7 Å². The number of hydrogen-bond acceptors (Lipinski definition) is 6. The van der Waals surface area contributed by atoms with E-state index in [2.05, 4.69) is 21.5 Å². The van der Waals surface area contributed by atoms with Gasteiger partial charge in [0.25, 0.3) is 0 Å². The number of nitrogens with zero attached hydrogens (tertiary/aromatic N) is 3. The molecule has 0 aliphatic heterocycles. The summed E-state index contributed by atoms with van der Waals surface area (Å²) in [6, 6.07) is 3.54. The minimum atomic E-state index is 0.298. The lowest BCUT2D eigenvalue weighted by Crippen LogP contribution is -2.07. The second-order valence-corrected chi connectivity index (χ2v) is 4.06. The van der Waals surface area contributed by atoms with Crippen LogP contribution in [0.3, 0.4) is 0 Å². The van der Waals surface area contributed by atoms with Crippen molar-refractivity contribution in [3.63, 3.8) is 0 Å². The number of aliphatic imine (C=N–C) groups is 1. The molecule has 20 heavy (non-hydrogen) atoms. The Morgan fingerprint density at radius 2 is 2.30 bits per heavy atom. The second-order valence-electron chi connectivity index (χ2n) is 4.06. The average molecular weight is 269 g/mol. The van der Waals surface area contributed by atoms with Crippen LogP contribution >= 0.6 is 0 Å². The highest BCUT2D eigenvalue weighted by atomic mass is 16.3. The van der Waals surface area contributed by atoms with Gasteiger partial charge in [0, 0.05) is 5.70 Å². The monoisotopic (exact) mass is 269 g/mol. The van der Waals surface area contributed by atoms with E-state index in [0.717, 1.165) is 0 Å². The van der Waals surface area contributed by atoms with Crippen LogP contribution in [0.5, 0.6) is 0 Å². The number of aromatic nitrogens is 2. The van der Waals surface area contributed by atoms with Crippen molar-refractivity contribution in [1.29, 1.82) is 0 Å². The molecule has 2 aromatic heterocycles. The number of nitrogens with two attached hydrogens (primary N) is 2. The summed E-state index contributed by atoms with van der Waals surface area (Å²) in [6.07, 6.45) is 6.02. The van der Waals surface area contributed by atoms with E-state index < -0.39 is 0 Å². The van der Waals surface area contributed by atoms with Crippen LogP contribution in [-0.4, -0.2) is 15.7 Å². The Labute approximate surface area is 116 Å². The van der Waals surface area contributed by atoms with Gasteiger partial charge in [0.15, 0.2) is 5.76 Å². The van der Waals surface area contributed by atoms with Crippen LogP contribution in [0.2, 0.25) is 0 Å². The molecule has 0 aromatic carbocycles. The lowest BCUT2D eigenvalue weighted by Gasteiger charge is -2.07. The number of hydrogen-bond donors (Lipinski definition) is 2. The molecule has 0 amide bonds. The van der Waals surface area contributed by atoms with Crippen LogP contribution in [0, 0.1) is 0 Å². The summed E-state index contributed by atoms with van der Waals surface area (Å²) in [5.41, 5.74) is 13.3. The fourth-order valence-corrected chi connectivity index (χ4v) is 1.64. The fourth-order valence-electron chi connectivity index (χ4n) is 1.64. The van der Waals surface area contributed by atoms with Gasteiger partial charge in [0.05, 0.1) is 18.2 Å². The van der Waals surface area contributed by atoms with Crippen LogP contribution in [0.15, 0.2) is 58.6 Å². The second kappa shape index (κ2) is 5.83. The third-order valence-electron chi connectivity index (χ3n) is 2.35. The predicted octanol–water partition coefficient (Wildman–Crippen LogP) is 2.11. The fraction of sp³-hybridized carbons (Fsp3) is 0.0714. The first-order valence-electron chi connectivity index (χ1n) is 5.91. The minimum absolute atomic E-state index is 0.298. The molecule has 0 fully saturated rings. The zero-order valence-electron chi connectivity index (χ0n) is 11.1. The van der Waals surface area contributed by atoms with Gasteiger partial charge in [-0.2, -0.15) is 0 Å². The number of furan rings is 1. The Bertz CT molecular complexity index is 671. The number of nitrogen functional groups attached to an aromatic ring is 1. The third kappa shape index (κ3) is 2.92. The molecule has 0 radical (unpaired) electrons. The summed E-state index contributed by atoms with van der Waals surface area (Å²) < 4.78 is 5.36. The van der Waals surface area contributed by atoms with Gasteiger partial charge >= 0.3 is 0 Å². The maximum absolute atomic E-state index is 5.69. The van der Waals surface area contributed by atoms with Crippen molar-refractivity contribution in [3.8, 4) is 11.5 Å². The highest BCUT2D eigenvalue weighted by Gasteiger charge is 2.15. The molecule has 0 saturated carbocycles. The molecular weight excluding hydrogens is 254 g/mol. The molecule has 0 aliphatic carbocycles. The van der Waals surface area contributed by atoms with Crippen LogP contribution in [-0.2, 0) is 0 Å². The summed E-state index contributed by atoms with van der Waals surface area (Å²) in [5, 5.41) is 0. The Morgan fingerprint density at radius 1 is 1.50 bits per heavy atom. The quantitative estimate of drug-likeness (QED) is 0.827. The van der Waals surface area contributed by atoms with Crippen LogP contribution in [0.25, 0.3) is 11.5 Å². The normalized spacial score (nSPS) is 11.9. The standard InChI is InChI=1S/C14H15N5O/c1-9(2)18-10(5-6-15)13-14(11-4-3-7-20-11)19-12(16)8-17-13/h3-8H,1,15H2,2H3,(H2,16,19)/b6-5-,18-10+. The summed E-state index contributed by atoms with van der Waals surface area (Å²) in [6.45, 7) is 5.53. The molecule has 0 spiro atoms. The molecule has 0 bridgehead atoms. The Balaban J connectivity index is 2.64. The largest absolute Gasteiger partial charge is 0.463 e. The molecule has 0 aliphatic rings. The smallest absolute Gasteiger partial charge is 0.154 e. The summed E-state index contributed by atoms with van der Waals surface area (Å²) in [4.78, 5) is 12.8. The molecule has 2 rings (SSSR count). The van der Waals surface area contributed by atoms with Gasteiger partial charge in [-0.05, 0) is 31.3 Å². The average Bonchev–Trinajstić information content (AvgIpc) is 2.91. The lowest BCUT2D eigenvalue weighted by atomic mass is 10.1. The van der Waals surface area contributed by atoms with E-state index in [-0.39, 0.29) is 0 Å². The Hall–Kier alpha value is -2.89. The SMILES string of the molecule is C=C(C)/N=C(\C=C/N)c1ncc(N)nc1-c1ccco1. The molecule has 6 nitrogen and oxygen atoms in total. The maximum Gasteiger partial charge on any atom is 0.154 e. The first-order chi connectivity index (χ1) is 9.61. The number of rotatable bonds is 4. The number of anilines is 1. The lowest BCUT2D eigenvalue weighted by molar-refractivity contribution is 0.579. The first-order valence-corrected chi connectivity index (χ1v) is 5.91. The Kier molecular flexibility index (Phi) is 3.95. The van der Waals surface area contributed by atoms with E-state index in [9.17, 15) is 0 Å². The van der Waals surface area contributed by atoms with E-state index >= 15 is 0 Å². The van der Waals surface area contributed by atoms with Gasteiger partial charge in [-0.15, -0.1) is 0 Å². The zero-order chi connectivity index (χ0) is 14.5. The Morgan fingerprint density at radius 3 is 2.90 bits per heavy atom. The van der Waals surface area contributed by atoms with E-state index in [1.165, 1.54) is 12.4 Å². The zero-order valence-corrected chi connectivity index (χ0v) is 11.1. The molecule has 4 N–H and O–H groups in total. The maximum atomic E-state index is 5.69. The van der Waals surface area contributed by atoms with Gasteiger partial charge in [-0.25, -0.2) is 9.97 Å². The highest BCUT2D eigenvalue weighted by molar-refractivity contribution is 6.11. The van der Waals surface area contributed by atoms with Crippen LogP contribution in [0.4, 0.5) is 5.82 Å².